The second-order valence-corrected chi connectivity index (χ2v) is 5.51. The number of rotatable bonds is 5. The highest BCUT2D eigenvalue weighted by Gasteiger charge is 2.30. The third kappa shape index (κ3) is 4.20. The monoisotopic (exact) mass is 269 g/mol. The van der Waals surface area contributed by atoms with Crippen LogP contribution in [0.15, 0.2) is 0 Å². The summed E-state index contributed by atoms with van der Waals surface area (Å²) < 4.78 is 5.62. The van der Waals surface area contributed by atoms with E-state index in [1.165, 1.54) is 6.42 Å². The van der Waals surface area contributed by atoms with Crippen LogP contribution < -0.4 is 0 Å². The minimum absolute atomic E-state index is 0.0751. The number of carboxylic acid groups (broad SMARTS) is 1. The lowest BCUT2D eigenvalue weighted by atomic mass is 10.0. The van der Waals surface area contributed by atoms with Gasteiger partial charge in [0, 0.05) is 25.6 Å². The van der Waals surface area contributed by atoms with Crippen LogP contribution in [0.1, 0.15) is 51.4 Å². The maximum Gasteiger partial charge on any atom is 0.305 e. The van der Waals surface area contributed by atoms with Gasteiger partial charge in [0.25, 0.3) is 0 Å². The van der Waals surface area contributed by atoms with E-state index in [1.54, 1.807) is 4.90 Å². The Morgan fingerprint density at radius 1 is 1.21 bits per heavy atom. The lowest BCUT2D eigenvalue weighted by Gasteiger charge is -2.26. The summed E-state index contributed by atoms with van der Waals surface area (Å²) in [5.41, 5.74) is 0. The van der Waals surface area contributed by atoms with Crippen molar-refractivity contribution < 1.29 is 19.4 Å². The first-order valence-corrected chi connectivity index (χ1v) is 7.29. The number of carboxylic acids is 1. The van der Waals surface area contributed by atoms with E-state index in [9.17, 15) is 9.59 Å². The van der Waals surface area contributed by atoms with Crippen molar-refractivity contribution in [3.8, 4) is 0 Å². The van der Waals surface area contributed by atoms with E-state index in [0.717, 1.165) is 38.7 Å². The first kappa shape index (κ1) is 14.3. The van der Waals surface area contributed by atoms with Gasteiger partial charge in [-0.1, -0.05) is 0 Å². The molecule has 1 amide bonds. The number of amides is 1. The average molecular weight is 269 g/mol. The highest BCUT2D eigenvalue weighted by Crippen LogP contribution is 2.23. The van der Waals surface area contributed by atoms with Gasteiger partial charge in [0.2, 0.25) is 5.91 Å². The van der Waals surface area contributed by atoms with Gasteiger partial charge in [-0.25, -0.2) is 0 Å². The van der Waals surface area contributed by atoms with Gasteiger partial charge in [0.05, 0.1) is 12.5 Å². The number of aliphatic carboxylic acids is 1. The summed E-state index contributed by atoms with van der Waals surface area (Å²) in [7, 11) is 0. The number of hydrogen-bond acceptors (Lipinski definition) is 3. The molecule has 2 aliphatic heterocycles. The third-order valence-corrected chi connectivity index (χ3v) is 4.06. The summed E-state index contributed by atoms with van der Waals surface area (Å²) in [5, 5.41) is 8.85. The number of carbonyl (C=O) groups is 2. The molecule has 0 aromatic heterocycles. The number of likely N-dealkylation sites (tertiary alicyclic amines) is 1. The lowest BCUT2D eigenvalue weighted by Crippen LogP contribution is -2.37. The molecule has 108 valence electrons. The maximum absolute atomic E-state index is 12.2. The summed E-state index contributed by atoms with van der Waals surface area (Å²) >= 11 is 0. The van der Waals surface area contributed by atoms with Crippen LogP contribution in [0.2, 0.25) is 0 Å². The predicted octanol–water partition coefficient (Wildman–Crippen LogP) is 1.80. The molecule has 2 atom stereocenters. The third-order valence-electron chi connectivity index (χ3n) is 4.06. The molecule has 2 heterocycles. The molecule has 5 nitrogen and oxygen atoms in total. The van der Waals surface area contributed by atoms with Crippen LogP contribution >= 0.6 is 0 Å². The Hall–Kier alpha value is -1.10. The zero-order valence-electron chi connectivity index (χ0n) is 11.3. The summed E-state index contributed by atoms with van der Waals surface area (Å²) in [6.45, 7) is 1.52. The Morgan fingerprint density at radius 2 is 2.05 bits per heavy atom. The number of hydrogen-bond donors (Lipinski definition) is 1. The van der Waals surface area contributed by atoms with Crippen LogP contribution in [0.4, 0.5) is 0 Å². The van der Waals surface area contributed by atoms with Crippen molar-refractivity contribution in [1.29, 1.82) is 0 Å². The summed E-state index contributed by atoms with van der Waals surface area (Å²) in [6.07, 6.45) is 6.65. The zero-order valence-corrected chi connectivity index (χ0v) is 11.3. The molecule has 2 unspecified atom stereocenters. The minimum atomic E-state index is -0.819. The van der Waals surface area contributed by atoms with Crippen molar-refractivity contribution in [1.82, 2.24) is 4.90 Å². The van der Waals surface area contributed by atoms with E-state index in [1.807, 2.05) is 0 Å². The fourth-order valence-electron chi connectivity index (χ4n) is 3.04. The van der Waals surface area contributed by atoms with Crippen molar-refractivity contribution >= 4 is 11.9 Å². The van der Waals surface area contributed by atoms with Crippen molar-refractivity contribution in [2.45, 2.75) is 63.5 Å². The number of carbonyl (C=O) groups excluding carboxylic acids is 1. The van der Waals surface area contributed by atoms with Crippen molar-refractivity contribution in [3.05, 3.63) is 0 Å². The van der Waals surface area contributed by atoms with E-state index in [2.05, 4.69) is 0 Å². The molecule has 0 radical (unpaired) electrons. The molecule has 2 rings (SSSR count). The predicted molar refractivity (Wildman–Crippen MR) is 69.8 cm³/mol. The van der Waals surface area contributed by atoms with E-state index >= 15 is 0 Å². The maximum atomic E-state index is 12.2. The van der Waals surface area contributed by atoms with E-state index in [0.29, 0.717) is 13.0 Å². The van der Waals surface area contributed by atoms with Gasteiger partial charge in [-0.05, 0) is 38.5 Å². The molecule has 0 saturated carbocycles. The molecule has 2 saturated heterocycles. The first-order valence-electron chi connectivity index (χ1n) is 7.29. The summed E-state index contributed by atoms with van der Waals surface area (Å²) in [5.74, 6) is -0.724. The average Bonchev–Trinajstić information content (AvgIpc) is 2.84. The molecular formula is C14H23NO4. The Morgan fingerprint density at radius 3 is 2.74 bits per heavy atom. The topological polar surface area (TPSA) is 66.8 Å². The Kier molecular flexibility index (Phi) is 5.19. The molecule has 2 aliphatic rings. The highest BCUT2D eigenvalue weighted by atomic mass is 16.5. The summed E-state index contributed by atoms with van der Waals surface area (Å²) in [4.78, 5) is 24.7. The first-order chi connectivity index (χ1) is 9.16. The van der Waals surface area contributed by atoms with Gasteiger partial charge in [-0.2, -0.15) is 0 Å². The van der Waals surface area contributed by atoms with Crippen molar-refractivity contribution in [3.63, 3.8) is 0 Å². The van der Waals surface area contributed by atoms with E-state index < -0.39 is 5.97 Å². The second kappa shape index (κ2) is 6.89. The molecule has 0 bridgehead atoms. The molecule has 0 aromatic carbocycles. The van der Waals surface area contributed by atoms with Gasteiger partial charge in [0.1, 0.15) is 0 Å². The van der Waals surface area contributed by atoms with Crippen LogP contribution in [-0.4, -0.2) is 47.2 Å². The fourth-order valence-corrected chi connectivity index (χ4v) is 3.04. The van der Waals surface area contributed by atoms with Crippen LogP contribution in [0.3, 0.4) is 0 Å². The SMILES string of the molecule is O=C(O)CC1CCCN1C(=O)CCC1CCCCO1. The summed E-state index contributed by atoms with van der Waals surface area (Å²) in [6, 6.07) is -0.0997. The molecule has 2 fully saturated rings. The number of nitrogens with zero attached hydrogens (tertiary/aromatic N) is 1. The smallest absolute Gasteiger partial charge is 0.305 e. The fraction of sp³-hybridized carbons (Fsp3) is 0.857. The van der Waals surface area contributed by atoms with Gasteiger partial charge in [-0.3, -0.25) is 9.59 Å². The molecule has 0 aromatic rings. The van der Waals surface area contributed by atoms with Gasteiger partial charge >= 0.3 is 5.97 Å². The number of ether oxygens (including phenoxy) is 1. The molecule has 5 heteroatoms. The quantitative estimate of drug-likeness (QED) is 0.826. The zero-order chi connectivity index (χ0) is 13.7. The van der Waals surface area contributed by atoms with Crippen molar-refractivity contribution in [2.75, 3.05) is 13.2 Å². The highest BCUT2D eigenvalue weighted by molar-refractivity contribution is 5.78. The second-order valence-electron chi connectivity index (χ2n) is 5.51. The molecule has 19 heavy (non-hydrogen) atoms. The van der Waals surface area contributed by atoms with Crippen LogP contribution in [0, 0.1) is 0 Å². The van der Waals surface area contributed by atoms with Crippen LogP contribution in [-0.2, 0) is 14.3 Å². The Labute approximate surface area is 113 Å². The van der Waals surface area contributed by atoms with Gasteiger partial charge in [-0.15, -0.1) is 0 Å². The van der Waals surface area contributed by atoms with E-state index in [-0.39, 0.29) is 24.5 Å². The molecular weight excluding hydrogens is 246 g/mol. The van der Waals surface area contributed by atoms with Crippen LogP contribution in [0.25, 0.3) is 0 Å². The lowest BCUT2D eigenvalue weighted by molar-refractivity contribution is -0.140. The van der Waals surface area contributed by atoms with Gasteiger partial charge in [0.15, 0.2) is 0 Å². The van der Waals surface area contributed by atoms with Gasteiger partial charge < -0.3 is 14.7 Å². The molecule has 0 aliphatic carbocycles. The van der Waals surface area contributed by atoms with Crippen LogP contribution in [0.5, 0.6) is 0 Å². The standard InChI is InChI=1S/C14H23NO4/c16-13(7-6-12-5-1-2-9-19-12)15-8-3-4-11(15)10-14(17)18/h11-12H,1-10H2,(H,17,18). The molecule has 1 N–H and O–H groups in total. The Balaban J connectivity index is 1.76. The normalized spacial score (nSPS) is 27.5. The molecule has 0 spiro atoms. The largest absolute Gasteiger partial charge is 0.481 e. The van der Waals surface area contributed by atoms with Crippen molar-refractivity contribution in [2.24, 2.45) is 0 Å². The Bertz CT molecular complexity index is 325. The minimum Gasteiger partial charge on any atom is -0.481 e. The van der Waals surface area contributed by atoms with E-state index in [4.69, 9.17) is 9.84 Å².